The lowest BCUT2D eigenvalue weighted by molar-refractivity contribution is -0.129. The maximum Gasteiger partial charge on any atom is 0.223 e. The van der Waals surface area contributed by atoms with E-state index in [1.165, 1.54) is 12.1 Å². The fourth-order valence-corrected chi connectivity index (χ4v) is 4.59. The number of hydrogen-bond donors (Lipinski definition) is 2. The van der Waals surface area contributed by atoms with Crippen LogP contribution < -0.4 is 0 Å². The van der Waals surface area contributed by atoms with Crippen molar-refractivity contribution in [3.05, 3.63) is 35.6 Å². The van der Waals surface area contributed by atoms with E-state index in [1.807, 2.05) is 4.90 Å². The van der Waals surface area contributed by atoms with Gasteiger partial charge >= 0.3 is 0 Å². The fraction of sp³-hybridized carbons (Fsp3) is 0.611. The third-order valence-electron chi connectivity index (χ3n) is 5.10. The Morgan fingerprint density at radius 2 is 1.71 bits per heavy atom. The molecule has 0 spiro atoms. The summed E-state index contributed by atoms with van der Waals surface area (Å²) in [4.78, 5) is 14.2. The minimum atomic E-state index is -0.646. The number of carbonyl (C=O) groups excluding carboxylic acids is 1. The monoisotopic (exact) mass is 353 g/mol. The largest absolute Gasteiger partial charge is 0.390 e. The van der Waals surface area contributed by atoms with Crippen LogP contribution in [0.25, 0.3) is 0 Å². The standard InChI is InChI=1S/C18H24FNO3S/c19-15-3-1-12(2-4-15)11-24-6-5-18(23)20-9-13-7-16(21)17(22)8-14(13)10-20/h1-4,13-14,16-17,21-22H,5-11H2. The van der Waals surface area contributed by atoms with E-state index >= 15 is 0 Å². The van der Waals surface area contributed by atoms with Gasteiger partial charge in [0.2, 0.25) is 5.91 Å². The van der Waals surface area contributed by atoms with Gasteiger partial charge in [0.25, 0.3) is 0 Å². The second kappa shape index (κ2) is 7.85. The van der Waals surface area contributed by atoms with E-state index in [2.05, 4.69) is 0 Å². The molecular weight excluding hydrogens is 329 g/mol. The highest BCUT2D eigenvalue weighted by atomic mass is 32.2. The summed E-state index contributed by atoms with van der Waals surface area (Å²) < 4.78 is 12.8. The van der Waals surface area contributed by atoms with E-state index in [1.54, 1.807) is 23.9 Å². The Kier molecular flexibility index (Phi) is 5.79. The van der Waals surface area contributed by atoms with Gasteiger partial charge in [-0.15, -0.1) is 0 Å². The van der Waals surface area contributed by atoms with Gasteiger partial charge in [-0.2, -0.15) is 11.8 Å². The van der Waals surface area contributed by atoms with Gasteiger partial charge in [-0.25, -0.2) is 4.39 Å². The summed E-state index contributed by atoms with van der Waals surface area (Å²) in [6.45, 7) is 1.41. The number of likely N-dealkylation sites (tertiary alicyclic amines) is 1. The number of fused-ring (bicyclic) bond motifs is 1. The van der Waals surface area contributed by atoms with Crippen molar-refractivity contribution in [1.29, 1.82) is 0 Å². The normalized spacial score (nSPS) is 29.5. The number of amides is 1. The molecule has 6 heteroatoms. The van der Waals surface area contributed by atoms with Crippen molar-refractivity contribution in [1.82, 2.24) is 4.90 Å². The molecule has 1 aromatic carbocycles. The Morgan fingerprint density at radius 1 is 1.12 bits per heavy atom. The van der Waals surface area contributed by atoms with E-state index in [9.17, 15) is 19.4 Å². The zero-order valence-corrected chi connectivity index (χ0v) is 14.4. The lowest BCUT2D eigenvalue weighted by Gasteiger charge is -2.31. The number of rotatable bonds is 5. The lowest BCUT2D eigenvalue weighted by atomic mass is 9.79. The van der Waals surface area contributed by atoms with Crippen LogP contribution >= 0.6 is 11.8 Å². The molecule has 1 aromatic rings. The number of aliphatic hydroxyl groups excluding tert-OH is 2. The molecule has 132 valence electrons. The fourth-order valence-electron chi connectivity index (χ4n) is 3.70. The number of aliphatic hydroxyl groups is 2. The third-order valence-corrected chi connectivity index (χ3v) is 6.13. The summed E-state index contributed by atoms with van der Waals surface area (Å²) in [5.74, 6) is 2.08. The maximum absolute atomic E-state index is 12.8. The topological polar surface area (TPSA) is 60.8 Å². The zero-order valence-electron chi connectivity index (χ0n) is 13.6. The van der Waals surface area contributed by atoms with Crippen LogP contribution in [-0.2, 0) is 10.5 Å². The number of benzene rings is 1. The van der Waals surface area contributed by atoms with Crippen molar-refractivity contribution in [2.24, 2.45) is 11.8 Å². The first-order valence-electron chi connectivity index (χ1n) is 8.49. The molecule has 1 aliphatic carbocycles. The third kappa shape index (κ3) is 4.29. The maximum atomic E-state index is 12.8. The molecule has 1 saturated heterocycles. The van der Waals surface area contributed by atoms with Crippen LogP contribution in [0.1, 0.15) is 24.8 Å². The average molecular weight is 353 g/mol. The van der Waals surface area contributed by atoms with Crippen LogP contribution in [0.2, 0.25) is 0 Å². The van der Waals surface area contributed by atoms with Crippen molar-refractivity contribution in [2.75, 3.05) is 18.8 Å². The molecule has 2 aliphatic rings. The summed E-state index contributed by atoms with van der Waals surface area (Å²) in [6.07, 6.45) is 0.389. The van der Waals surface area contributed by atoms with Gasteiger partial charge in [0.15, 0.2) is 0 Å². The summed E-state index contributed by atoms with van der Waals surface area (Å²) in [7, 11) is 0. The molecule has 4 unspecified atom stereocenters. The zero-order chi connectivity index (χ0) is 17.1. The van der Waals surface area contributed by atoms with Crippen molar-refractivity contribution >= 4 is 17.7 Å². The average Bonchev–Trinajstić information content (AvgIpc) is 2.96. The molecule has 4 atom stereocenters. The number of nitrogens with zero attached hydrogens (tertiary/aromatic N) is 1. The predicted molar refractivity (Wildman–Crippen MR) is 92.0 cm³/mol. The van der Waals surface area contributed by atoms with Gasteiger partial charge in [-0.3, -0.25) is 4.79 Å². The molecule has 2 fully saturated rings. The Labute approximate surface area is 146 Å². The van der Waals surface area contributed by atoms with E-state index in [0.717, 1.165) is 17.1 Å². The Hall–Kier alpha value is -1.11. The molecule has 3 rings (SSSR count). The number of thioether (sulfide) groups is 1. The molecule has 0 bridgehead atoms. The Morgan fingerprint density at radius 3 is 2.29 bits per heavy atom. The molecular formula is C18H24FNO3S. The predicted octanol–water partition coefficient (Wildman–Crippen LogP) is 2.04. The molecule has 1 heterocycles. The van der Waals surface area contributed by atoms with Gasteiger partial charge in [0.1, 0.15) is 5.82 Å². The minimum absolute atomic E-state index is 0.153. The summed E-state index contributed by atoms with van der Waals surface area (Å²) in [5, 5.41) is 19.5. The molecule has 4 nitrogen and oxygen atoms in total. The lowest BCUT2D eigenvalue weighted by Crippen LogP contribution is -2.38. The minimum Gasteiger partial charge on any atom is -0.390 e. The van der Waals surface area contributed by atoms with Crippen LogP contribution in [0.3, 0.4) is 0 Å². The summed E-state index contributed by atoms with van der Waals surface area (Å²) >= 11 is 1.68. The first kappa shape index (κ1) is 17.7. The number of halogens is 1. The van der Waals surface area contributed by atoms with E-state index in [0.29, 0.717) is 44.2 Å². The van der Waals surface area contributed by atoms with E-state index in [-0.39, 0.29) is 11.7 Å². The first-order chi connectivity index (χ1) is 11.5. The SMILES string of the molecule is O=C(CCSCc1ccc(F)cc1)N1CC2CC(O)C(O)CC2C1. The van der Waals surface area contributed by atoms with E-state index in [4.69, 9.17) is 0 Å². The quantitative estimate of drug-likeness (QED) is 0.796. The van der Waals surface area contributed by atoms with Gasteiger partial charge < -0.3 is 15.1 Å². The van der Waals surface area contributed by atoms with Crippen LogP contribution in [0.5, 0.6) is 0 Å². The highest BCUT2D eigenvalue weighted by Crippen LogP contribution is 2.36. The number of hydrogen-bond acceptors (Lipinski definition) is 4. The van der Waals surface area contributed by atoms with Crippen LogP contribution in [-0.4, -0.2) is 52.1 Å². The summed E-state index contributed by atoms with van der Waals surface area (Å²) in [6, 6.07) is 6.45. The molecule has 1 amide bonds. The second-order valence-corrected chi connectivity index (χ2v) is 7.96. The molecule has 1 saturated carbocycles. The molecule has 24 heavy (non-hydrogen) atoms. The molecule has 2 N–H and O–H groups in total. The van der Waals surface area contributed by atoms with Gasteiger partial charge in [-0.1, -0.05) is 12.1 Å². The first-order valence-corrected chi connectivity index (χ1v) is 9.64. The second-order valence-electron chi connectivity index (χ2n) is 6.85. The Balaban J connectivity index is 1.39. The van der Waals surface area contributed by atoms with Gasteiger partial charge in [0.05, 0.1) is 12.2 Å². The molecule has 1 aliphatic heterocycles. The molecule has 0 radical (unpaired) electrons. The number of carbonyl (C=O) groups is 1. The van der Waals surface area contributed by atoms with Gasteiger partial charge in [0, 0.05) is 31.0 Å². The van der Waals surface area contributed by atoms with Gasteiger partial charge in [-0.05, 0) is 42.4 Å². The van der Waals surface area contributed by atoms with Crippen molar-refractivity contribution in [3.8, 4) is 0 Å². The summed E-state index contributed by atoms with van der Waals surface area (Å²) in [5.41, 5.74) is 1.06. The van der Waals surface area contributed by atoms with E-state index < -0.39 is 12.2 Å². The Bertz CT molecular complexity index is 550. The van der Waals surface area contributed by atoms with Crippen molar-refractivity contribution in [3.63, 3.8) is 0 Å². The van der Waals surface area contributed by atoms with Crippen LogP contribution in [0, 0.1) is 17.7 Å². The molecule has 0 aromatic heterocycles. The van der Waals surface area contributed by atoms with Crippen molar-refractivity contribution < 1.29 is 19.4 Å². The smallest absolute Gasteiger partial charge is 0.223 e. The highest BCUT2D eigenvalue weighted by molar-refractivity contribution is 7.98. The highest BCUT2D eigenvalue weighted by Gasteiger charge is 2.42. The van der Waals surface area contributed by atoms with Crippen LogP contribution in [0.15, 0.2) is 24.3 Å². The van der Waals surface area contributed by atoms with Crippen LogP contribution in [0.4, 0.5) is 4.39 Å². The van der Waals surface area contributed by atoms with Crippen molar-refractivity contribution in [2.45, 2.75) is 37.2 Å².